The van der Waals surface area contributed by atoms with Crippen LogP contribution in [0.25, 0.3) is 33.5 Å². The Labute approximate surface area is 223 Å². The van der Waals surface area contributed by atoms with E-state index in [1.165, 1.54) is 44.4 Å². The number of nitrogens with one attached hydrogen (secondary N) is 2. The highest BCUT2D eigenvalue weighted by Crippen LogP contribution is 2.35. The molecule has 2 heterocycles. The molecule has 0 bridgehead atoms. The second kappa shape index (κ2) is 10.0. The summed E-state index contributed by atoms with van der Waals surface area (Å²) in [4.78, 5) is 25.0. The van der Waals surface area contributed by atoms with E-state index in [1.54, 1.807) is 6.92 Å². The Morgan fingerprint density at radius 2 is 1.79 bits per heavy atom. The van der Waals surface area contributed by atoms with Crippen molar-refractivity contribution >= 4 is 22.6 Å². The van der Waals surface area contributed by atoms with Crippen molar-refractivity contribution in [3.05, 3.63) is 101 Å². The van der Waals surface area contributed by atoms with Crippen LogP contribution in [-0.4, -0.2) is 26.0 Å². The maximum atomic E-state index is 14.8. The van der Waals surface area contributed by atoms with Crippen LogP contribution in [0.1, 0.15) is 40.9 Å². The van der Waals surface area contributed by atoms with Crippen LogP contribution >= 0.6 is 0 Å². The van der Waals surface area contributed by atoms with Crippen molar-refractivity contribution in [2.24, 2.45) is 5.73 Å². The number of hydrogen-bond acceptors (Lipinski definition) is 5. The minimum Gasteiger partial charge on any atom is -0.386 e. The van der Waals surface area contributed by atoms with Gasteiger partial charge in [0.15, 0.2) is 0 Å². The van der Waals surface area contributed by atoms with Crippen LogP contribution in [0.3, 0.4) is 0 Å². The summed E-state index contributed by atoms with van der Waals surface area (Å²) in [5.41, 5.74) is 9.52. The first-order valence-corrected chi connectivity index (χ1v) is 12.3. The van der Waals surface area contributed by atoms with E-state index in [2.05, 4.69) is 20.3 Å². The van der Waals surface area contributed by atoms with Crippen molar-refractivity contribution < 1.29 is 18.7 Å². The van der Waals surface area contributed by atoms with Crippen molar-refractivity contribution in [2.75, 3.05) is 5.32 Å². The molecule has 1 amide bonds. The van der Waals surface area contributed by atoms with Crippen LogP contribution in [0.15, 0.2) is 67.0 Å². The van der Waals surface area contributed by atoms with Crippen LogP contribution in [0.5, 0.6) is 0 Å². The number of aromatic amines is 1. The highest BCUT2D eigenvalue weighted by Gasteiger charge is 2.22. The molecule has 0 unspecified atom stereocenters. The number of benzene rings is 3. The van der Waals surface area contributed by atoms with Gasteiger partial charge < -0.3 is 21.1 Å². The van der Waals surface area contributed by atoms with E-state index < -0.39 is 23.1 Å². The number of rotatable bonds is 6. The molecular formula is C30H27F2N5O2. The Morgan fingerprint density at radius 1 is 1.05 bits per heavy atom. The van der Waals surface area contributed by atoms with Gasteiger partial charge in [0, 0.05) is 28.9 Å². The molecule has 0 aliphatic carbocycles. The molecule has 39 heavy (non-hydrogen) atoms. The Kier molecular flexibility index (Phi) is 6.71. The third-order valence-electron chi connectivity index (χ3n) is 6.72. The van der Waals surface area contributed by atoms with Crippen LogP contribution in [0, 0.1) is 18.6 Å². The Balaban J connectivity index is 1.52. The van der Waals surface area contributed by atoms with E-state index in [-0.39, 0.29) is 11.3 Å². The van der Waals surface area contributed by atoms with Gasteiger partial charge in [0.2, 0.25) is 0 Å². The molecular weight excluding hydrogens is 500 g/mol. The molecule has 3 aromatic carbocycles. The largest absolute Gasteiger partial charge is 0.386 e. The summed E-state index contributed by atoms with van der Waals surface area (Å²) in [5.74, 6) is -2.13. The van der Waals surface area contributed by atoms with Gasteiger partial charge in [-0.05, 0) is 73.4 Å². The second-order valence-electron chi connectivity index (χ2n) is 9.90. The molecule has 0 aliphatic rings. The predicted octanol–water partition coefficient (Wildman–Crippen LogP) is 5.82. The lowest BCUT2D eigenvalue weighted by molar-refractivity contribution is 0.0780. The number of amides is 1. The lowest BCUT2D eigenvalue weighted by Gasteiger charge is -2.18. The van der Waals surface area contributed by atoms with E-state index >= 15 is 0 Å². The SMILES string of the molecule is Cc1c(NC(=O)c2ccc(C(C)(C)O)cc2F)cc(F)cc1-c1ncnc2[nH]c(-c3ccc(CN)cc3)cc12. The van der Waals surface area contributed by atoms with Crippen molar-refractivity contribution in [1.29, 1.82) is 0 Å². The van der Waals surface area contributed by atoms with E-state index in [0.29, 0.717) is 40.0 Å². The number of nitrogens with two attached hydrogens (primary N) is 1. The molecule has 0 fully saturated rings. The van der Waals surface area contributed by atoms with Crippen molar-refractivity contribution in [3.8, 4) is 22.5 Å². The highest BCUT2D eigenvalue weighted by molar-refractivity contribution is 6.05. The molecule has 0 aliphatic heterocycles. The lowest BCUT2D eigenvalue weighted by atomic mass is 9.96. The normalized spacial score (nSPS) is 11.7. The molecule has 0 saturated heterocycles. The lowest BCUT2D eigenvalue weighted by Crippen LogP contribution is -2.19. The molecule has 5 N–H and O–H groups in total. The summed E-state index contributed by atoms with van der Waals surface area (Å²) in [6.45, 7) is 5.21. The quantitative estimate of drug-likeness (QED) is 0.222. The molecule has 0 radical (unpaired) electrons. The number of fused-ring (bicyclic) bond motifs is 1. The second-order valence-corrected chi connectivity index (χ2v) is 9.90. The van der Waals surface area contributed by atoms with Crippen molar-refractivity contribution in [1.82, 2.24) is 15.0 Å². The first-order chi connectivity index (χ1) is 18.5. The van der Waals surface area contributed by atoms with E-state index in [0.717, 1.165) is 22.9 Å². The maximum Gasteiger partial charge on any atom is 0.258 e. The molecule has 0 saturated carbocycles. The molecule has 7 nitrogen and oxygen atoms in total. The molecule has 198 valence electrons. The predicted molar refractivity (Wildman–Crippen MR) is 147 cm³/mol. The fourth-order valence-corrected chi connectivity index (χ4v) is 4.45. The molecule has 5 aromatic rings. The highest BCUT2D eigenvalue weighted by atomic mass is 19.1. The minimum absolute atomic E-state index is 0.181. The van der Waals surface area contributed by atoms with Crippen LogP contribution in [0.4, 0.5) is 14.5 Å². The Hall–Kier alpha value is -4.47. The number of aromatic nitrogens is 3. The Morgan fingerprint density at radius 3 is 2.46 bits per heavy atom. The van der Waals surface area contributed by atoms with Gasteiger partial charge in [0.1, 0.15) is 23.6 Å². The maximum absolute atomic E-state index is 14.8. The number of carbonyl (C=O) groups is 1. The average Bonchev–Trinajstić information content (AvgIpc) is 3.34. The number of anilines is 1. The van der Waals surface area contributed by atoms with Crippen molar-refractivity contribution in [3.63, 3.8) is 0 Å². The van der Waals surface area contributed by atoms with Crippen LogP contribution in [-0.2, 0) is 12.1 Å². The summed E-state index contributed by atoms with van der Waals surface area (Å²) in [6, 6.07) is 16.1. The molecule has 9 heteroatoms. The monoisotopic (exact) mass is 527 g/mol. The minimum atomic E-state index is -1.27. The number of nitrogens with zero attached hydrogens (tertiary/aromatic N) is 2. The van der Waals surface area contributed by atoms with Gasteiger partial charge in [0.05, 0.1) is 16.9 Å². The van der Waals surface area contributed by atoms with E-state index in [4.69, 9.17) is 5.73 Å². The van der Waals surface area contributed by atoms with Gasteiger partial charge >= 0.3 is 0 Å². The first kappa shape index (κ1) is 26.1. The van der Waals surface area contributed by atoms with Crippen LogP contribution < -0.4 is 11.1 Å². The summed E-state index contributed by atoms with van der Waals surface area (Å²) >= 11 is 0. The number of carbonyl (C=O) groups excluding carboxylic acids is 1. The molecule has 5 rings (SSSR count). The summed E-state index contributed by atoms with van der Waals surface area (Å²) in [7, 11) is 0. The van der Waals surface area contributed by atoms with E-state index in [1.807, 2.05) is 30.3 Å². The summed E-state index contributed by atoms with van der Waals surface area (Å²) in [5, 5.41) is 13.4. The number of halogens is 2. The molecule has 0 spiro atoms. The topological polar surface area (TPSA) is 117 Å². The fourth-order valence-electron chi connectivity index (χ4n) is 4.45. The van der Waals surface area contributed by atoms with Gasteiger partial charge in [-0.2, -0.15) is 0 Å². The van der Waals surface area contributed by atoms with Crippen LogP contribution in [0.2, 0.25) is 0 Å². The van der Waals surface area contributed by atoms with Gasteiger partial charge in [-0.15, -0.1) is 0 Å². The average molecular weight is 528 g/mol. The molecule has 2 aromatic heterocycles. The summed E-state index contributed by atoms with van der Waals surface area (Å²) < 4.78 is 29.6. The van der Waals surface area contributed by atoms with Gasteiger partial charge in [-0.3, -0.25) is 4.79 Å². The fraction of sp³-hybridized carbons (Fsp3) is 0.167. The standard InChI is InChI=1S/C30H27F2N5O2/c1-16-22(27-23-13-26(36-28(23)35-15-34-27)18-6-4-17(14-33)5-7-18)11-20(31)12-25(16)37-29(38)21-9-8-19(10-24(21)32)30(2,3)39/h4-13,15,39H,14,33H2,1-3H3,(H,37,38)(H,34,35,36). The zero-order chi connectivity index (χ0) is 27.9. The zero-order valence-electron chi connectivity index (χ0n) is 21.6. The van der Waals surface area contributed by atoms with Gasteiger partial charge in [-0.25, -0.2) is 18.7 Å². The van der Waals surface area contributed by atoms with E-state index in [9.17, 15) is 18.7 Å². The molecule has 0 atom stereocenters. The zero-order valence-corrected chi connectivity index (χ0v) is 21.6. The van der Waals surface area contributed by atoms with Crippen molar-refractivity contribution in [2.45, 2.75) is 32.9 Å². The number of H-pyrrole nitrogens is 1. The third-order valence-corrected chi connectivity index (χ3v) is 6.72. The smallest absolute Gasteiger partial charge is 0.258 e. The third kappa shape index (κ3) is 5.14. The van der Waals surface area contributed by atoms with Gasteiger partial charge in [0.25, 0.3) is 5.91 Å². The number of aliphatic hydroxyl groups is 1. The van der Waals surface area contributed by atoms with Gasteiger partial charge in [-0.1, -0.05) is 30.3 Å². The first-order valence-electron chi connectivity index (χ1n) is 12.3. The number of hydrogen-bond donors (Lipinski definition) is 4. The summed E-state index contributed by atoms with van der Waals surface area (Å²) in [6.07, 6.45) is 1.39. The Bertz CT molecular complexity index is 1710.